The molecule has 20 heteroatoms. The molecule has 0 radical (unpaired) electrons. The van der Waals surface area contributed by atoms with Gasteiger partial charge in [0.25, 0.3) is 11.8 Å². The van der Waals surface area contributed by atoms with Gasteiger partial charge in [-0.15, -0.1) is 5.06 Å². The van der Waals surface area contributed by atoms with Crippen LogP contribution in [0.25, 0.3) is 0 Å². The lowest BCUT2D eigenvalue weighted by molar-refractivity contribution is -0.200. The number of carboxylic acids is 3. The zero-order chi connectivity index (χ0) is 38.8. The van der Waals surface area contributed by atoms with Gasteiger partial charge in [-0.1, -0.05) is 12.2 Å². The standard InChI is InChI=1S/C11H13NO7.C7H10O5.C4H6O5.2C4H8O/c1-11(2)17-6(10(16)18-11)5-9(15)19-12-7(13)3-4-8(12)14;1-7(2)11-4(3-5(8)9)6(10)12-7;5-2(4(8)9)1-3(6)7;1-2-4-5-3-1;1-4(2)3-5/h6H,3-5H2,1-2H3;4H,3H2,1-2H3,(H,8,9);2,5H,1H2,(H,6,7)(H,8,9);1-4H2;5H,1,3H2,2H3/t6-;4-;2-;;/m000../s1. The van der Waals surface area contributed by atoms with Crippen molar-refractivity contribution in [3.63, 3.8) is 0 Å². The molecule has 0 aliphatic carbocycles. The average Bonchev–Trinajstić information content (AvgIpc) is 3.76. The summed E-state index contributed by atoms with van der Waals surface area (Å²) < 4.78 is 24.7. The van der Waals surface area contributed by atoms with Gasteiger partial charge < -0.3 is 54.1 Å². The SMILES string of the molecule is C1CCOC1.C=C(C)CO.CC1(C)OC(=O)[C@H](CC(=O)O)O1.CC1(C)OC(=O)[C@H](CC(=O)ON2C(=O)CCC2=O)O1.O=C(O)C[C@H](O)C(=O)O. The minimum absolute atomic E-state index is 0.0150. The summed E-state index contributed by atoms with van der Waals surface area (Å²) in [7, 11) is 0. The van der Waals surface area contributed by atoms with Crippen molar-refractivity contribution in [3.8, 4) is 0 Å². The molecule has 0 spiro atoms. The Morgan fingerprint density at radius 2 is 1.26 bits per heavy atom. The van der Waals surface area contributed by atoms with Gasteiger partial charge in [-0.3, -0.25) is 19.2 Å². The fraction of sp³-hybridized carbons (Fsp3) is 0.667. The molecule has 0 saturated carbocycles. The first-order valence-corrected chi connectivity index (χ1v) is 15.1. The number of nitrogens with zero attached hydrogens (tertiary/aromatic N) is 1. The van der Waals surface area contributed by atoms with Gasteiger partial charge in [-0.05, 0) is 19.8 Å². The largest absolute Gasteiger partial charge is 0.481 e. The number of carboxylic acid groups (broad SMARTS) is 3. The first-order valence-electron chi connectivity index (χ1n) is 15.1. The number of imide groups is 1. The third-order valence-electron chi connectivity index (χ3n) is 5.73. The number of carbonyl (C=O) groups excluding carboxylic acids is 5. The first-order chi connectivity index (χ1) is 23.0. The van der Waals surface area contributed by atoms with Gasteiger partial charge in [0.05, 0.1) is 25.9 Å². The molecule has 0 aromatic rings. The first kappa shape index (κ1) is 45.5. The summed E-state index contributed by atoms with van der Waals surface area (Å²) in [6, 6.07) is 0. The van der Waals surface area contributed by atoms with Crippen LogP contribution >= 0.6 is 0 Å². The Morgan fingerprint density at radius 3 is 1.52 bits per heavy atom. The van der Waals surface area contributed by atoms with Crippen molar-refractivity contribution in [1.82, 2.24) is 5.06 Å². The Morgan fingerprint density at radius 1 is 0.840 bits per heavy atom. The number of aliphatic hydroxyl groups is 2. The number of carbonyl (C=O) groups is 8. The lowest BCUT2D eigenvalue weighted by Gasteiger charge is -2.16. The Kier molecular flexibility index (Phi) is 19.6. The smallest absolute Gasteiger partial charge is 0.338 e. The van der Waals surface area contributed by atoms with E-state index in [1.807, 2.05) is 0 Å². The fourth-order valence-corrected chi connectivity index (χ4v) is 3.57. The predicted octanol–water partition coefficient (Wildman–Crippen LogP) is 0.0592. The zero-order valence-corrected chi connectivity index (χ0v) is 28.4. The van der Waals surface area contributed by atoms with Crippen molar-refractivity contribution in [3.05, 3.63) is 12.2 Å². The third-order valence-corrected chi connectivity index (χ3v) is 5.73. The van der Waals surface area contributed by atoms with Crippen LogP contribution in [-0.4, -0.2) is 128 Å². The molecular weight excluding hydrogens is 678 g/mol. The molecular formula is C30H45NO19. The molecule has 2 amide bonds. The second-order valence-corrected chi connectivity index (χ2v) is 11.6. The Bertz CT molecular complexity index is 1210. The number of hydrogen-bond acceptors (Lipinski definition) is 16. The van der Waals surface area contributed by atoms with E-state index in [1.165, 1.54) is 26.7 Å². The van der Waals surface area contributed by atoms with E-state index in [-0.39, 0.29) is 25.9 Å². The van der Waals surface area contributed by atoms with Gasteiger partial charge in [-0.2, -0.15) is 0 Å². The molecule has 20 nitrogen and oxygen atoms in total. The highest BCUT2D eigenvalue weighted by Gasteiger charge is 2.44. The Balaban J connectivity index is 0.000000664. The van der Waals surface area contributed by atoms with Crippen molar-refractivity contribution in [2.24, 2.45) is 0 Å². The molecule has 4 saturated heterocycles. The van der Waals surface area contributed by atoms with Gasteiger partial charge in [-0.25, -0.2) is 19.2 Å². The van der Waals surface area contributed by atoms with Gasteiger partial charge in [0, 0.05) is 53.8 Å². The maximum atomic E-state index is 11.5. The number of aliphatic hydroxyl groups excluding tert-OH is 2. The molecule has 4 aliphatic rings. The summed E-state index contributed by atoms with van der Waals surface area (Å²) in [6.45, 7) is 13.5. The van der Waals surface area contributed by atoms with Crippen LogP contribution in [0.2, 0.25) is 0 Å². The summed E-state index contributed by atoms with van der Waals surface area (Å²) in [5, 5.41) is 41.0. The van der Waals surface area contributed by atoms with E-state index < -0.39 is 90.4 Å². The maximum absolute atomic E-state index is 11.5. The van der Waals surface area contributed by atoms with Gasteiger partial charge in [0.2, 0.25) is 11.6 Å². The summed E-state index contributed by atoms with van der Waals surface area (Å²) in [5.41, 5.74) is 0.810. The molecule has 0 aromatic heterocycles. The number of aliphatic carboxylic acids is 3. The van der Waals surface area contributed by atoms with Gasteiger partial charge >= 0.3 is 35.8 Å². The van der Waals surface area contributed by atoms with Crippen molar-refractivity contribution in [2.45, 2.75) is 109 Å². The third kappa shape index (κ3) is 19.5. The zero-order valence-electron chi connectivity index (χ0n) is 28.4. The molecule has 50 heavy (non-hydrogen) atoms. The summed E-state index contributed by atoms with van der Waals surface area (Å²) in [6.07, 6.45) is -2.77. The van der Waals surface area contributed by atoms with Gasteiger partial charge in [0.15, 0.2) is 18.3 Å². The van der Waals surface area contributed by atoms with E-state index in [4.69, 9.17) is 49.2 Å². The van der Waals surface area contributed by atoms with Crippen LogP contribution in [0.15, 0.2) is 12.2 Å². The monoisotopic (exact) mass is 723 g/mol. The number of ether oxygens (including phenoxy) is 5. The highest BCUT2D eigenvalue weighted by Crippen LogP contribution is 2.26. The molecule has 4 rings (SSSR count). The van der Waals surface area contributed by atoms with E-state index in [2.05, 4.69) is 11.4 Å². The molecule has 0 unspecified atom stereocenters. The Labute approximate surface area is 286 Å². The predicted molar refractivity (Wildman–Crippen MR) is 162 cm³/mol. The number of esters is 2. The second-order valence-electron chi connectivity index (χ2n) is 11.6. The van der Waals surface area contributed by atoms with E-state index in [0.29, 0.717) is 5.06 Å². The molecule has 4 fully saturated rings. The van der Waals surface area contributed by atoms with Crippen LogP contribution in [0, 0.1) is 0 Å². The van der Waals surface area contributed by atoms with Crippen LogP contribution < -0.4 is 0 Å². The highest BCUT2D eigenvalue weighted by atomic mass is 16.8. The lowest BCUT2D eigenvalue weighted by Crippen LogP contribution is -2.34. The number of hydrogen-bond donors (Lipinski definition) is 5. The second kappa shape index (κ2) is 21.6. The summed E-state index contributed by atoms with van der Waals surface area (Å²) in [5.74, 6) is -9.34. The summed E-state index contributed by atoms with van der Waals surface area (Å²) >= 11 is 0. The van der Waals surface area contributed by atoms with Crippen molar-refractivity contribution in [2.75, 3.05) is 19.8 Å². The molecule has 4 heterocycles. The van der Waals surface area contributed by atoms with E-state index >= 15 is 0 Å². The molecule has 4 aliphatic heterocycles. The van der Waals surface area contributed by atoms with Crippen molar-refractivity contribution >= 4 is 47.6 Å². The van der Waals surface area contributed by atoms with E-state index in [1.54, 1.807) is 20.8 Å². The van der Waals surface area contributed by atoms with Crippen LogP contribution in [0.5, 0.6) is 0 Å². The number of amides is 2. The van der Waals surface area contributed by atoms with Crippen LogP contribution in [0.1, 0.15) is 79.6 Å². The number of cyclic esters (lactones) is 2. The van der Waals surface area contributed by atoms with Crippen LogP contribution in [0.3, 0.4) is 0 Å². The molecule has 3 atom stereocenters. The minimum atomic E-state index is -1.79. The lowest BCUT2D eigenvalue weighted by atomic mass is 10.2. The average molecular weight is 724 g/mol. The van der Waals surface area contributed by atoms with Crippen molar-refractivity contribution in [1.29, 1.82) is 0 Å². The quantitative estimate of drug-likeness (QED) is 0.119. The minimum Gasteiger partial charge on any atom is -0.481 e. The van der Waals surface area contributed by atoms with E-state index in [0.717, 1.165) is 18.8 Å². The van der Waals surface area contributed by atoms with Crippen molar-refractivity contribution < 1.29 is 92.4 Å². The van der Waals surface area contributed by atoms with Crippen LogP contribution in [-0.2, 0) is 66.9 Å². The normalized spacial score (nSPS) is 21.6. The number of hydroxylamine groups is 2. The molecule has 5 N–H and O–H groups in total. The molecule has 284 valence electrons. The topological polar surface area (TPSA) is 296 Å². The van der Waals surface area contributed by atoms with E-state index in [9.17, 15) is 38.4 Å². The Hall–Kier alpha value is -4.50. The fourth-order valence-electron chi connectivity index (χ4n) is 3.57. The summed E-state index contributed by atoms with van der Waals surface area (Å²) in [4.78, 5) is 90.6. The molecule has 0 aromatic carbocycles. The van der Waals surface area contributed by atoms with Crippen LogP contribution in [0.4, 0.5) is 0 Å². The van der Waals surface area contributed by atoms with Gasteiger partial charge in [0.1, 0.15) is 0 Å². The molecule has 0 bridgehead atoms. The maximum Gasteiger partial charge on any atom is 0.338 e. The highest BCUT2D eigenvalue weighted by molar-refractivity contribution is 6.01. The number of rotatable bonds is 9.